The van der Waals surface area contributed by atoms with E-state index in [0.717, 1.165) is 12.3 Å². The maximum Gasteiger partial charge on any atom is 0.358 e. The van der Waals surface area contributed by atoms with Crippen LogP contribution in [0.4, 0.5) is 0 Å². The SMILES string of the molecule is CCOC(=O)c1cc2n(n1)[C@@H]1C[C@@H]1C2. The van der Waals surface area contributed by atoms with Gasteiger partial charge < -0.3 is 4.74 Å². The van der Waals surface area contributed by atoms with Crippen molar-refractivity contribution in [3.05, 3.63) is 17.5 Å². The number of esters is 1. The van der Waals surface area contributed by atoms with Crippen molar-refractivity contribution < 1.29 is 9.53 Å². The maximum absolute atomic E-state index is 11.4. The number of carbonyl (C=O) groups is 1. The lowest BCUT2D eigenvalue weighted by molar-refractivity contribution is 0.0518. The van der Waals surface area contributed by atoms with Gasteiger partial charge in [0.15, 0.2) is 5.69 Å². The van der Waals surface area contributed by atoms with Crippen molar-refractivity contribution in [2.45, 2.75) is 25.8 Å². The van der Waals surface area contributed by atoms with Crippen LogP contribution < -0.4 is 0 Å². The van der Waals surface area contributed by atoms with Gasteiger partial charge in [0.2, 0.25) is 0 Å². The molecule has 2 aliphatic rings. The lowest BCUT2D eigenvalue weighted by Crippen LogP contribution is -2.06. The summed E-state index contributed by atoms with van der Waals surface area (Å²) in [5.41, 5.74) is 1.65. The smallest absolute Gasteiger partial charge is 0.358 e. The second-order valence-electron chi connectivity index (χ2n) is 3.95. The van der Waals surface area contributed by atoms with Crippen molar-refractivity contribution in [3.8, 4) is 0 Å². The van der Waals surface area contributed by atoms with Crippen LogP contribution in [-0.2, 0) is 11.2 Å². The molecule has 74 valence electrons. The van der Waals surface area contributed by atoms with Crippen LogP contribution in [0.15, 0.2) is 6.07 Å². The first-order chi connectivity index (χ1) is 6.79. The summed E-state index contributed by atoms with van der Waals surface area (Å²) in [6.45, 7) is 2.21. The third kappa shape index (κ3) is 0.997. The van der Waals surface area contributed by atoms with E-state index in [2.05, 4.69) is 5.10 Å². The number of ether oxygens (including phenoxy) is 1. The highest BCUT2D eigenvalue weighted by Gasteiger charge is 2.46. The molecule has 0 bridgehead atoms. The number of hydrogen-bond donors (Lipinski definition) is 0. The fourth-order valence-electron chi connectivity index (χ4n) is 2.20. The van der Waals surface area contributed by atoms with Crippen molar-refractivity contribution in [1.82, 2.24) is 9.78 Å². The van der Waals surface area contributed by atoms with E-state index in [1.165, 1.54) is 12.1 Å². The van der Waals surface area contributed by atoms with Crippen molar-refractivity contribution >= 4 is 5.97 Å². The number of rotatable bonds is 2. The van der Waals surface area contributed by atoms with Gasteiger partial charge in [-0.25, -0.2) is 4.79 Å². The molecule has 2 atom stereocenters. The fourth-order valence-corrected chi connectivity index (χ4v) is 2.20. The van der Waals surface area contributed by atoms with E-state index in [-0.39, 0.29) is 5.97 Å². The first-order valence-electron chi connectivity index (χ1n) is 5.05. The molecule has 0 radical (unpaired) electrons. The average molecular weight is 192 g/mol. The van der Waals surface area contributed by atoms with Crippen LogP contribution in [0.2, 0.25) is 0 Å². The number of nitrogens with zero attached hydrogens (tertiary/aromatic N) is 2. The Labute approximate surface area is 81.9 Å². The Balaban J connectivity index is 1.87. The summed E-state index contributed by atoms with van der Waals surface area (Å²) in [4.78, 5) is 11.4. The quantitative estimate of drug-likeness (QED) is 0.661. The molecule has 0 N–H and O–H groups in total. The Bertz CT molecular complexity index is 397. The summed E-state index contributed by atoms with van der Waals surface area (Å²) < 4.78 is 6.90. The van der Waals surface area contributed by atoms with Crippen molar-refractivity contribution in [1.29, 1.82) is 0 Å². The highest BCUT2D eigenvalue weighted by Crippen LogP contribution is 2.51. The average Bonchev–Trinajstić information content (AvgIpc) is 2.67. The second-order valence-corrected chi connectivity index (χ2v) is 3.95. The van der Waals surface area contributed by atoms with Crippen molar-refractivity contribution in [2.24, 2.45) is 5.92 Å². The molecule has 1 aromatic rings. The third-order valence-electron chi connectivity index (χ3n) is 2.97. The van der Waals surface area contributed by atoms with E-state index in [1.54, 1.807) is 6.92 Å². The van der Waals surface area contributed by atoms with E-state index in [9.17, 15) is 4.79 Å². The third-order valence-corrected chi connectivity index (χ3v) is 2.97. The second kappa shape index (κ2) is 2.59. The highest BCUT2D eigenvalue weighted by atomic mass is 16.5. The van der Waals surface area contributed by atoms with Gasteiger partial charge in [0, 0.05) is 5.69 Å². The Kier molecular flexibility index (Phi) is 1.48. The van der Waals surface area contributed by atoms with Gasteiger partial charge in [0.1, 0.15) is 0 Å². The fraction of sp³-hybridized carbons (Fsp3) is 0.600. The molecule has 0 spiro atoms. The standard InChI is InChI=1S/C10H12N2O2/c1-2-14-10(13)8-5-7-3-6-4-9(6)12(7)11-8/h5-6,9H,2-4H2,1H3/t6-,9+/m0/s1. The molecule has 0 aromatic carbocycles. The molecule has 1 aromatic heterocycles. The van der Waals surface area contributed by atoms with Crippen LogP contribution in [0.5, 0.6) is 0 Å². The predicted molar refractivity (Wildman–Crippen MR) is 49.0 cm³/mol. The lowest BCUT2D eigenvalue weighted by atomic mass is 10.2. The van der Waals surface area contributed by atoms with Gasteiger partial charge in [0.05, 0.1) is 12.6 Å². The Hall–Kier alpha value is -1.32. The molecule has 0 amide bonds. The van der Waals surface area contributed by atoms with E-state index in [4.69, 9.17) is 4.74 Å². The topological polar surface area (TPSA) is 44.1 Å². The zero-order valence-electron chi connectivity index (χ0n) is 8.06. The summed E-state index contributed by atoms with van der Waals surface area (Å²) in [7, 11) is 0. The molecule has 1 aliphatic carbocycles. The number of aromatic nitrogens is 2. The molecule has 1 aliphatic heterocycles. The van der Waals surface area contributed by atoms with Gasteiger partial charge in [-0.05, 0) is 31.7 Å². The van der Waals surface area contributed by atoms with Crippen LogP contribution in [0.25, 0.3) is 0 Å². The Morgan fingerprint density at radius 3 is 3.36 bits per heavy atom. The normalized spacial score (nSPS) is 26.9. The summed E-state index contributed by atoms with van der Waals surface area (Å²) in [5, 5.41) is 4.27. The highest BCUT2D eigenvalue weighted by molar-refractivity contribution is 5.87. The minimum Gasteiger partial charge on any atom is -0.461 e. The van der Waals surface area contributed by atoms with Crippen molar-refractivity contribution in [3.63, 3.8) is 0 Å². The number of fused-ring (bicyclic) bond motifs is 3. The molecule has 0 unspecified atom stereocenters. The molecular formula is C10H12N2O2. The molecule has 1 saturated carbocycles. The van der Waals surface area contributed by atoms with E-state index < -0.39 is 0 Å². The van der Waals surface area contributed by atoms with Crippen LogP contribution in [-0.4, -0.2) is 22.4 Å². The van der Waals surface area contributed by atoms with E-state index in [1.807, 2.05) is 10.7 Å². The number of carbonyl (C=O) groups excluding carboxylic acids is 1. The molecular weight excluding hydrogens is 180 g/mol. The molecule has 1 fully saturated rings. The lowest BCUT2D eigenvalue weighted by Gasteiger charge is -1.97. The maximum atomic E-state index is 11.4. The Morgan fingerprint density at radius 2 is 2.64 bits per heavy atom. The van der Waals surface area contributed by atoms with Crippen LogP contribution >= 0.6 is 0 Å². The van der Waals surface area contributed by atoms with Crippen LogP contribution in [0, 0.1) is 5.92 Å². The van der Waals surface area contributed by atoms with E-state index in [0.29, 0.717) is 18.3 Å². The minimum atomic E-state index is -0.299. The molecule has 2 heterocycles. The summed E-state index contributed by atoms with van der Waals surface area (Å²) in [6.07, 6.45) is 2.31. The number of hydrogen-bond acceptors (Lipinski definition) is 3. The van der Waals surface area contributed by atoms with Gasteiger partial charge in [-0.3, -0.25) is 4.68 Å². The van der Waals surface area contributed by atoms with Crippen molar-refractivity contribution in [2.75, 3.05) is 6.61 Å². The molecule has 0 saturated heterocycles. The zero-order valence-corrected chi connectivity index (χ0v) is 8.06. The van der Waals surface area contributed by atoms with Gasteiger partial charge in [-0.1, -0.05) is 0 Å². The first-order valence-corrected chi connectivity index (χ1v) is 5.05. The Morgan fingerprint density at radius 1 is 1.79 bits per heavy atom. The minimum absolute atomic E-state index is 0.299. The van der Waals surface area contributed by atoms with Gasteiger partial charge in [-0.15, -0.1) is 0 Å². The van der Waals surface area contributed by atoms with Gasteiger partial charge in [-0.2, -0.15) is 5.10 Å². The first kappa shape index (κ1) is 8.03. The molecule has 4 nitrogen and oxygen atoms in total. The molecule has 4 heteroatoms. The van der Waals surface area contributed by atoms with Gasteiger partial charge >= 0.3 is 5.97 Å². The monoisotopic (exact) mass is 192 g/mol. The zero-order chi connectivity index (χ0) is 9.71. The van der Waals surface area contributed by atoms with Gasteiger partial charge in [0.25, 0.3) is 0 Å². The van der Waals surface area contributed by atoms with E-state index >= 15 is 0 Å². The largest absolute Gasteiger partial charge is 0.461 e. The van der Waals surface area contributed by atoms with Crippen LogP contribution in [0.3, 0.4) is 0 Å². The predicted octanol–water partition coefficient (Wildman–Crippen LogP) is 1.18. The molecule has 3 rings (SSSR count). The molecule has 14 heavy (non-hydrogen) atoms. The summed E-state index contributed by atoms with van der Waals surface area (Å²) in [5.74, 6) is 0.500. The van der Waals surface area contributed by atoms with Crippen LogP contribution in [0.1, 0.15) is 35.6 Å². The summed E-state index contributed by atoms with van der Waals surface area (Å²) in [6, 6.07) is 2.44. The summed E-state index contributed by atoms with van der Waals surface area (Å²) >= 11 is 0.